The summed E-state index contributed by atoms with van der Waals surface area (Å²) >= 11 is 3.35. The Bertz CT molecular complexity index is 570. The maximum Gasteiger partial charge on any atom is 0.323 e. The number of nitro groups is 1. The van der Waals surface area contributed by atoms with Gasteiger partial charge in [0.25, 0.3) is 5.69 Å². The third-order valence-corrected chi connectivity index (χ3v) is 4.48. The minimum absolute atomic E-state index is 0.0346. The van der Waals surface area contributed by atoms with Gasteiger partial charge < -0.3 is 10.0 Å². The number of aliphatic carboxylic acids is 1. The number of anilines is 1. The van der Waals surface area contributed by atoms with Gasteiger partial charge in [-0.05, 0) is 41.8 Å². The molecule has 1 fully saturated rings. The van der Waals surface area contributed by atoms with Crippen LogP contribution in [0.15, 0.2) is 16.6 Å². The Morgan fingerprint density at radius 2 is 2.10 bits per heavy atom. The second-order valence-electron chi connectivity index (χ2n) is 5.31. The van der Waals surface area contributed by atoms with Crippen LogP contribution < -0.4 is 4.90 Å². The van der Waals surface area contributed by atoms with Crippen molar-refractivity contribution in [1.82, 2.24) is 0 Å². The highest BCUT2D eigenvalue weighted by atomic mass is 79.9. The lowest BCUT2D eigenvalue weighted by Crippen LogP contribution is -2.38. The first kappa shape index (κ1) is 15.8. The maximum atomic E-state index is 11.1. The van der Waals surface area contributed by atoms with Crippen LogP contribution in [0.2, 0.25) is 0 Å². The molecule has 2 rings (SSSR count). The number of rotatable bonds is 5. The van der Waals surface area contributed by atoms with Crippen molar-refractivity contribution in [2.75, 3.05) is 11.4 Å². The van der Waals surface area contributed by atoms with Gasteiger partial charge in [-0.1, -0.05) is 12.8 Å². The zero-order valence-electron chi connectivity index (χ0n) is 11.7. The summed E-state index contributed by atoms with van der Waals surface area (Å²) in [7, 11) is 0. The zero-order chi connectivity index (χ0) is 15.6. The van der Waals surface area contributed by atoms with Crippen molar-refractivity contribution in [2.45, 2.75) is 38.6 Å². The van der Waals surface area contributed by atoms with Gasteiger partial charge >= 0.3 is 5.97 Å². The normalized spacial score (nSPS) is 15.1. The number of hydrogen-bond acceptors (Lipinski definition) is 4. The van der Waals surface area contributed by atoms with E-state index in [0.717, 1.165) is 25.7 Å². The summed E-state index contributed by atoms with van der Waals surface area (Å²) in [6, 6.07) is 3.33. The molecule has 0 unspecified atom stereocenters. The monoisotopic (exact) mass is 356 g/mol. The van der Waals surface area contributed by atoms with E-state index in [9.17, 15) is 14.9 Å². The quantitative estimate of drug-likeness (QED) is 0.644. The van der Waals surface area contributed by atoms with Crippen molar-refractivity contribution < 1.29 is 14.8 Å². The van der Waals surface area contributed by atoms with Crippen molar-refractivity contribution >= 4 is 33.3 Å². The molecule has 0 bridgehead atoms. The third-order valence-electron chi connectivity index (χ3n) is 3.84. The van der Waals surface area contributed by atoms with Gasteiger partial charge in [-0.15, -0.1) is 0 Å². The molecule has 6 nitrogen and oxygen atoms in total. The Balaban J connectivity index is 2.41. The summed E-state index contributed by atoms with van der Waals surface area (Å²) in [6.45, 7) is 1.57. The van der Waals surface area contributed by atoms with Gasteiger partial charge in [0, 0.05) is 22.1 Å². The van der Waals surface area contributed by atoms with Crippen LogP contribution in [0.5, 0.6) is 0 Å². The van der Waals surface area contributed by atoms with E-state index in [0.29, 0.717) is 15.7 Å². The number of benzene rings is 1. The largest absolute Gasteiger partial charge is 0.480 e. The first-order valence-electron chi connectivity index (χ1n) is 6.83. The smallest absolute Gasteiger partial charge is 0.323 e. The van der Waals surface area contributed by atoms with Crippen molar-refractivity contribution in [2.24, 2.45) is 0 Å². The summed E-state index contributed by atoms with van der Waals surface area (Å²) in [4.78, 5) is 23.5. The van der Waals surface area contributed by atoms with Crippen LogP contribution in [-0.4, -0.2) is 28.6 Å². The summed E-state index contributed by atoms with van der Waals surface area (Å²) < 4.78 is 0.563. The van der Waals surface area contributed by atoms with E-state index in [1.165, 1.54) is 6.07 Å². The highest BCUT2D eigenvalue weighted by Gasteiger charge is 2.27. The number of carbonyl (C=O) groups is 1. The molecule has 0 saturated heterocycles. The molecule has 1 aliphatic carbocycles. The van der Waals surface area contributed by atoms with E-state index in [-0.39, 0.29) is 18.3 Å². The molecule has 1 aromatic rings. The first-order chi connectivity index (χ1) is 9.90. The molecule has 0 radical (unpaired) electrons. The van der Waals surface area contributed by atoms with Gasteiger partial charge in [-0.2, -0.15) is 0 Å². The van der Waals surface area contributed by atoms with Crippen LogP contribution in [0.1, 0.15) is 31.2 Å². The molecule has 1 saturated carbocycles. The predicted molar refractivity (Wildman–Crippen MR) is 82.8 cm³/mol. The molecule has 0 aromatic heterocycles. The van der Waals surface area contributed by atoms with E-state index < -0.39 is 10.9 Å². The standard InChI is InChI=1S/C14H17BrN2O4/c1-9-6-13(11(15)7-12(9)17(20)21)16(8-14(18)19)10-4-2-3-5-10/h6-7,10H,2-5,8H2,1H3,(H,18,19). The van der Waals surface area contributed by atoms with Gasteiger partial charge in [0.2, 0.25) is 0 Å². The number of nitrogens with zero attached hydrogens (tertiary/aromatic N) is 2. The third kappa shape index (κ3) is 3.53. The molecular formula is C14H17BrN2O4. The average molecular weight is 357 g/mol. The minimum Gasteiger partial charge on any atom is -0.480 e. The molecular weight excluding hydrogens is 340 g/mol. The molecule has 0 spiro atoms. The summed E-state index contributed by atoms with van der Waals surface area (Å²) in [5.74, 6) is -0.898. The van der Waals surface area contributed by atoms with E-state index in [2.05, 4.69) is 15.9 Å². The maximum absolute atomic E-state index is 11.1. The van der Waals surface area contributed by atoms with Crippen molar-refractivity contribution in [3.63, 3.8) is 0 Å². The Hall–Kier alpha value is -1.63. The van der Waals surface area contributed by atoms with E-state index >= 15 is 0 Å². The molecule has 0 amide bonds. The number of nitro benzene ring substituents is 1. The lowest BCUT2D eigenvalue weighted by molar-refractivity contribution is -0.385. The Morgan fingerprint density at radius 3 is 2.62 bits per heavy atom. The molecule has 7 heteroatoms. The number of carboxylic acid groups (broad SMARTS) is 1. The lowest BCUT2D eigenvalue weighted by atomic mass is 10.1. The number of carboxylic acids is 1. The number of aryl methyl sites for hydroxylation is 1. The zero-order valence-corrected chi connectivity index (χ0v) is 13.3. The van der Waals surface area contributed by atoms with Crippen LogP contribution in [0.3, 0.4) is 0 Å². The molecule has 1 aromatic carbocycles. The number of hydrogen-bond donors (Lipinski definition) is 1. The fraction of sp³-hybridized carbons (Fsp3) is 0.500. The fourth-order valence-electron chi connectivity index (χ4n) is 2.85. The SMILES string of the molecule is Cc1cc(N(CC(=O)O)C2CCCC2)c(Br)cc1[N+](=O)[O-]. The van der Waals surface area contributed by atoms with Gasteiger partial charge in [0.1, 0.15) is 6.54 Å². The molecule has 1 aliphatic rings. The van der Waals surface area contributed by atoms with Gasteiger partial charge in [-0.25, -0.2) is 0 Å². The number of halogens is 1. The second kappa shape index (κ2) is 6.43. The van der Waals surface area contributed by atoms with E-state index in [1.54, 1.807) is 13.0 Å². The fourth-order valence-corrected chi connectivity index (χ4v) is 3.40. The summed E-state index contributed by atoms with van der Waals surface area (Å²) in [5, 5.41) is 20.1. The second-order valence-corrected chi connectivity index (χ2v) is 6.16. The van der Waals surface area contributed by atoms with Crippen molar-refractivity contribution in [1.29, 1.82) is 0 Å². The van der Waals surface area contributed by atoms with Gasteiger partial charge in [0.15, 0.2) is 0 Å². The van der Waals surface area contributed by atoms with Gasteiger partial charge in [-0.3, -0.25) is 14.9 Å². The first-order valence-corrected chi connectivity index (χ1v) is 7.62. The summed E-state index contributed by atoms with van der Waals surface area (Å²) in [6.07, 6.45) is 4.08. The topological polar surface area (TPSA) is 83.7 Å². The van der Waals surface area contributed by atoms with Crippen LogP contribution in [0.4, 0.5) is 11.4 Å². The molecule has 1 N–H and O–H groups in total. The van der Waals surface area contributed by atoms with Crippen LogP contribution in [0.25, 0.3) is 0 Å². The minimum atomic E-state index is -0.898. The Kier molecular flexibility index (Phi) is 4.82. The van der Waals surface area contributed by atoms with Crippen LogP contribution >= 0.6 is 15.9 Å². The summed E-state index contributed by atoms with van der Waals surface area (Å²) in [5.41, 5.74) is 1.28. The van der Waals surface area contributed by atoms with Crippen LogP contribution in [-0.2, 0) is 4.79 Å². The van der Waals surface area contributed by atoms with Crippen LogP contribution in [0, 0.1) is 17.0 Å². The Labute approximate surface area is 131 Å². The lowest BCUT2D eigenvalue weighted by Gasteiger charge is -2.30. The van der Waals surface area contributed by atoms with E-state index in [1.807, 2.05) is 4.90 Å². The molecule has 0 heterocycles. The molecule has 21 heavy (non-hydrogen) atoms. The van der Waals surface area contributed by atoms with Crippen molar-refractivity contribution in [3.05, 3.63) is 32.3 Å². The molecule has 114 valence electrons. The van der Waals surface area contributed by atoms with Gasteiger partial charge in [0.05, 0.1) is 10.6 Å². The molecule has 0 atom stereocenters. The highest BCUT2D eigenvalue weighted by Crippen LogP contribution is 2.36. The highest BCUT2D eigenvalue weighted by molar-refractivity contribution is 9.10. The Morgan fingerprint density at radius 1 is 1.48 bits per heavy atom. The predicted octanol–water partition coefficient (Wildman–Crippen LogP) is 3.50. The van der Waals surface area contributed by atoms with E-state index in [4.69, 9.17) is 5.11 Å². The average Bonchev–Trinajstić information content (AvgIpc) is 2.91. The molecule has 0 aliphatic heterocycles. The van der Waals surface area contributed by atoms with Crippen molar-refractivity contribution in [3.8, 4) is 0 Å².